The molecule has 1 fully saturated rings. The number of hydrogen-bond donors (Lipinski definition) is 0. The molecule has 2 heteroatoms. The largest absolute Gasteiger partial charge is 0.0622 e. The summed E-state index contributed by atoms with van der Waals surface area (Å²) in [5, 5.41) is 5.57. The lowest BCUT2D eigenvalue weighted by atomic mass is 10.3. The van der Waals surface area contributed by atoms with Gasteiger partial charge in [-0.05, 0) is 56.3 Å². The molecule has 0 N–H and O–H groups in total. The molecular formula is C29H23P2. The molecule has 1 aliphatic rings. The first-order valence-corrected chi connectivity index (χ1v) is 13.2. The molecule has 1 saturated carbocycles. The fraction of sp³-hybridized carbons (Fsp3) is 0. The van der Waals surface area contributed by atoms with Gasteiger partial charge in [0.25, 0.3) is 0 Å². The van der Waals surface area contributed by atoms with Gasteiger partial charge in [-0.3, -0.25) is 0 Å². The summed E-state index contributed by atoms with van der Waals surface area (Å²) >= 11 is 0. The number of benzene rings is 4. The van der Waals surface area contributed by atoms with Gasteiger partial charge in [-0.15, -0.1) is 0 Å². The molecule has 149 valence electrons. The molecule has 5 radical (unpaired) electrons. The monoisotopic (exact) mass is 433 g/mol. The molecule has 0 amide bonds. The highest BCUT2D eigenvalue weighted by atomic mass is 31.1. The second-order valence-corrected chi connectivity index (χ2v) is 11.8. The zero-order valence-corrected chi connectivity index (χ0v) is 19.0. The van der Waals surface area contributed by atoms with E-state index < -0.39 is 15.8 Å². The molecular weight excluding hydrogens is 410 g/mol. The van der Waals surface area contributed by atoms with E-state index in [1.165, 1.54) is 32.5 Å². The van der Waals surface area contributed by atoms with Gasteiger partial charge in [-0.2, -0.15) is 0 Å². The highest BCUT2D eigenvalue weighted by molar-refractivity contribution is 7.77. The van der Waals surface area contributed by atoms with Gasteiger partial charge in [0.15, 0.2) is 0 Å². The van der Waals surface area contributed by atoms with Crippen LogP contribution < -0.4 is 21.2 Å². The SMILES string of the molecule is [CH]1[CH][C](P(c2ccccc2)c2ccccc2)[CH][C]1P(c1ccccc1)c1ccccc1. The summed E-state index contributed by atoms with van der Waals surface area (Å²) in [5.41, 5.74) is 2.84. The minimum atomic E-state index is -0.577. The predicted molar refractivity (Wildman–Crippen MR) is 138 cm³/mol. The second-order valence-electron chi connectivity index (χ2n) is 7.34. The third-order valence-corrected chi connectivity index (χ3v) is 10.1. The third kappa shape index (κ3) is 4.67. The standard InChI is InChI=1S/C29H23P2/c1-5-13-24(14-6-1)30(25-15-7-2-8-16-25)28-21-22-29(23-28)31(26-17-9-3-10-18-26)27-19-11-4-12-20-27/h1-23H. The molecule has 0 bridgehead atoms. The van der Waals surface area contributed by atoms with Crippen LogP contribution in [0.3, 0.4) is 0 Å². The summed E-state index contributed by atoms with van der Waals surface area (Å²) in [6, 6.07) is 43.7. The lowest BCUT2D eigenvalue weighted by Gasteiger charge is -2.27. The van der Waals surface area contributed by atoms with E-state index in [9.17, 15) is 0 Å². The van der Waals surface area contributed by atoms with Crippen LogP contribution in [0.4, 0.5) is 0 Å². The van der Waals surface area contributed by atoms with Gasteiger partial charge in [-0.25, -0.2) is 0 Å². The topological polar surface area (TPSA) is 0 Å². The molecule has 0 atom stereocenters. The van der Waals surface area contributed by atoms with E-state index >= 15 is 0 Å². The van der Waals surface area contributed by atoms with Crippen molar-refractivity contribution in [3.05, 3.63) is 152 Å². The molecule has 31 heavy (non-hydrogen) atoms. The molecule has 0 saturated heterocycles. The van der Waals surface area contributed by atoms with Crippen molar-refractivity contribution in [3.63, 3.8) is 0 Å². The Morgan fingerprint density at radius 2 is 0.581 bits per heavy atom. The summed E-state index contributed by atoms with van der Waals surface area (Å²) < 4.78 is 0. The minimum absolute atomic E-state index is 0.577. The highest BCUT2D eigenvalue weighted by Gasteiger charge is 2.38. The van der Waals surface area contributed by atoms with Crippen LogP contribution in [0.5, 0.6) is 0 Å². The Bertz CT molecular complexity index is 897. The van der Waals surface area contributed by atoms with E-state index in [-0.39, 0.29) is 0 Å². The maximum absolute atomic E-state index is 2.46. The zero-order valence-electron chi connectivity index (χ0n) is 17.2. The maximum Gasteiger partial charge on any atom is 0.0168 e. The van der Waals surface area contributed by atoms with Crippen LogP contribution in [0.25, 0.3) is 0 Å². The Hall–Kier alpha value is -2.26. The molecule has 1 aliphatic carbocycles. The smallest absolute Gasteiger partial charge is 0.0168 e. The zero-order chi connectivity index (χ0) is 20.9. The molecule has 0 aliphatic heterocycles. The Labute approximate surface area is 188 Å². The van der Waals surface area contributed by atoms with E-state index in [2.05, 4.69) is 141 Å². The summed E-state index contributed by atoms with van der Waals surface area (Å²) in [7, 11) is -1.15. The number of rotatable bonds is 6. The maximum atomic E-state index is 2.46. The number of hydrogen-bond acceptors (Lipinski definition) is 0. The first kappa shape index (κ1) is 20.6. The van der Waals surface area contributed by atoms with Crippen LogP contribution in [-0.2, 0) is 0 Å². The van der Waals surface area contributed by atoms with Crippen molar-refractivity contribution in [3.8, 4) is 0 Å². The van der Waals surface area contributed by atoms with Crippen molar-refractivity contribution in [1.82, 2.24) is 0 Å². The summed E-state index contributed by atoms with van der Waals surface area (Å²) in [5.74, 6) is 0. The summed E-state index contributed by atoms with van der Waals surface area (Å²) in [6.45, 7) is 0. The molecule has 0 heterocycles. The van der Waals surface area contributed by atoms with Gasteiger partial charge in [0.05, 0.1) is 0 Å². The van der Waals surface area contributed by atoms with Crippen molar-refractivity contribution >= 4 is 37.1 Å². The molecule has 0 spiro atoms. The molecule has 0 nitrogen and oxygen atoms in total. The second kappa shape index (κ2) is 9.91. The minimum Gasteiger partial charge on any atom is -0.0622 e. The van der Waals surface area contributed by atoms with Crippen LogP contribution in [0.15, 0.2) is 121 Å². The Morgan fingerprint density at radius 1 is 0.323 bits per heavy atom. The molecule has 0 aromatic heterocycles. The Balaban J connectivity index is 1.48. The van der Waals surface area contributed by atoms with Crippen LogP contribution in [0, 0.1) is 30.6 Å². The van der Waals surface area contributed by atoms with Gasteiger partial charge < -0.3 is 0 Å². The van der Waals surface area contributed by atoms with Crippen LogP contribution >= 0.6 is 15.8 Å². The quantitative estimate of drug-likeness (QED) is 0.330. The van der Waals surface area contributed by atoms with E-state index in [4.69, 9.17) is 0 Å². The fourth-order valence-corrected chi connectivity index (χ4v) is 8.65. The van der Waals surface area contributed by atoms with Gasteiger partial charge in [0, 0.05) is 11.3 Å². The summed E-state index contributed by atoms with van der Waals surface area (Å²) in [4.78, 5) is 0. The van der Waals surface area contributed by atoms with Crippen LogP contribution in [0.2, 0.25) is 0 Å². The average Bonchev–Trinajstić information content (AvgIpc) is 3.31. The molecule has 4 aromatic rings. The third-order valence-electron chi connectivity index (χ3n) is 5.29. The van der Waals surface area contributed by atoms with Gasteiger partial charge >= 0.3 is 0 Å². The van der Waals surface area contributed by atoms with Crippen molar-refractivity contribution in [2.45, 2.75) is 0 Å². The van der Waals surface area contributed by atoms with Gasteiger partial charge in [0.1, 0.15) is 0 Å². The van der Waals surface area contributed by atoms with Crippen molar-refractivity contribution in [2.75, 3.05) is 0 Å². The van der Waals surface area contributed by atoms with E-state index in [0.29, 0.717) is 0 Å². The highest BCUT2D eigenvalue weighted by Crippen LogP contribution is 2.61. The first-order chi connectivity index (χ1) is 15.4. The Kier molecular flexibility index (Phi) is 6.60. The normalized spacial score (nSPS) is 15.0. The summed E-state index contributed by atoms with van der Waals surface area (Å²) in [6.07, 6.45) is 7.15. The Morgan fingerprint density at radius 3 is 0.839 bits per heavy atom. The van der Waals surface area contributed by atoms with E-state index in [1.807, 2.05) is 0 Å². The van der Waals surface area contributed by atoms with Crippen molar-refractivity contribution < 1.29 is 0 Å². The van der Waals surface area contributed by atoms with E-state index in [0.717, 1.165) is 0 Å². The van der Waals surface area contributed by atoms with Crippen molar-refractivity contribution in [2.24, 2.45) is 0 Å². The molecule has 0 unspecified atom stereocenters. The predicted octanol–water partition coefficient (Wildman–Crippen LogP) is 5.94. The van der Waals surface area contributed by atoms with Gasteiger partial charge in [0.2, 0.25) is 0 Å². The fourth-order valence-electron chi connectivity index (χ4n) is 3.90. The lowest BCUT2D eigenvalue weighted by molar-refractivity contribution is 1.49. The van der Waals surface area contributed by atoms with Gasteiger partial charge in [-0.1, -0.05) is 121 Å². The van der Waals surface area contributed by atoms with Crippen molar-refractivity contribution in [1.29, 1.82) is 0 Å². The van der Waals surface area contributed by atoms with Crippen LogP contribution in [0.1, 0.15) is 0 Å². The van der Waals surface area contributed by atoms with Crippen LogP contribution in [-0.4, -0.2) is 0 Å². The molecule has 4 aromatic carbocycles. The van der Waals surface area contributed by atoms with E-state index in [1.54, 1.807) is 0 Å². The molecule has 5 rings (SSSR count). The first-order valence-electron chi connectivity index (χ1n) is 10.5. The lowest BCUT2D eigenvalue weighted by Crippen LogP contribution is -2.18. The average molecular weight is 433 g/mol.